The standard InChI is InChI=1S/C49H82O6/c1-4-7-10-13-16-19-21-22-23-24-25-26-28-30-33-36-39-42-48(51)54-45-46(44-53-47(50)41-38-35-32-29-18-15-12-9-6-3)55-49(52)43-40-37-34-31-27-20-17-14-11-8-5-2/h7,10,13,16,19,21-26,28,46H,4-6,8-9,11-12,14-15,17-18,20,27,29-45H2,1-3H3/b10-7-,16-13-,21-19-,23-22-,25-24+,28-26-. The minimum Gasteiger partial charge on any atom is -0.462 e. The van der Waals surface area contributed by atoms with E-state index in [1.165, 1.54) is 89.9 Å². The third kappa shape index (κ3) is 41.8. The van der Waals surface area contributed by atoms with Crippen molar-refractivity contribution < 1.29 is 28.6 Å². The second-order valence-corrected chi connectivity index (χ2v) is 14.7. The van der Waals surface area contributed by atoms with Gasteiger partial charge in [0.15, 0.2) is 6.10 Å². The van der Waals surface area contributed by atoms with Gasteiger partial charge in [-0.3, -0.25) is 14.4 Å². The fraction of sp³-hybridized carbons (Fsp3) is 0.694. The maximum Gasteiger partial charge on any atom is 0.306 e. The van der Waals surface area contributed by atoms with Crippen LogP contribution < -0.4 is 0 Å². The first-order valence-corrected chi connectivity index (χ1v) is 22.5. The monoisotopic (exact) mass is 767 g/mol. The van der Waals surface area contributed by atoms with Crippen molar-refractivity contribution in [2.75, 3.05) is 13.2 Å². The SMILES string of the molecule is CC\C=C/C=C\C=C/C=C\C=C\C=C/CCCCCC(=O)OCC(COC(=O)CCCCCCCCCCC)OC(=O)CCCCCCCCCCCCC. The first-order valence-electron chi connectivity index (χ1n) is 22.5. The normalized spacial score (nSPS) is 12.7. The fourth-order valence-electron chi connectivity index (χ4n) is 6.00. The number of ether oxygens (including phenoxy) is 3. The van der Waals surface area contributed by atoms with Gasteiger partial charge in [0.05, 0.1) is 0 Å². The summed E-state index contributed by atoms with van der Waals surface area (Å²) in [6, 6.07) is 0. The summed E-state index contributed by atoms with van der Waals surface area (Å²) in [5, 5.41) is 0. The lowest BCUT2D eigenvalue weighted by molar-refractivity contribution is -0.167. The van der Waals surface area contributed by atoms with Crippen molar-refractivity contribution >= 4 is 17.9 Å². The maximum atomic E-state index is 12.7. The molecular formula is C49H82O6. The average Bonchev–Trinajstić information content (AvgIpc) is 3.18. The van der Waals surface area contributed by atoms with Crippen molar-refractivity contribution in [3.05, 3.63) is 72.9 Å². The van der Waals surface area contributed by atoms with Crippen molar-refractivity contribution in [1.29, 1.82) is 0 Å². The summed E-state index contributed by atoms with van der Waals surface area (Å²) in [4.78, 5) is 37.6. The van der Waals surface area contributed by atoms with Crippen molar-refractivity contribution in [1.82, 2.24) is 0 Å². The van der Waals surface area contributed by atoms with Crippen molar-refractivity contribution in [2.24, 2.45) is 0 Å². The Morgan fingerprint density at radius 3 is 1.11 bits per heavy atom. The van der Waals surface area contributed by atoms with E-state index in [1.807, 2.05) is 60.8 Å². The zero-order valence-electron chi connectivity index (χ0n) is 35.7. The summed E-state index contributed by atoms with van der Waals surface area (Å²) in [7, 11) is 0. The van der Waals surface area contributed by atoms with E-state index in [4.69, 9.17) is 14.2 Å². The molecule has 0 saturated heterocycles. The predicted molar refractivity (Wildman–Crippen MR) is 233 cm³/mol. The summed E-state index contributed by atoms with van der Waals surface area (Å²) >= 11 is 0. The van der Waals surface area contributed by atoms with E-state index in [9.17, 15) is 14.4 Å². The molecule has 0 aromatic heterocycles. The van der Waals surface area contributed by atoms with Gasteiger partial charge in [0.2, 0.25) is 0 Å². The van der Waals surface area contributed by atoms with Crippen LogP contribution in [0.2, 0.25) is 0 Å². The molecule has 0 radical (unpaired) electrons. The molecule has 0 spiro atoms. The number of unbranched alkanes of at least 4 members (excludes halogenated alkanes) is 21. The molecule has 0 aromatic rings. The van der Waals surface area contributed by atoms with Gasteiger partial charge in [-0.1, -0.05) is 216 Å². The van der Waals surface area contributed by atoms with Crippen LogP contribution in [0.5, 0.6) is 0 Å². The third-order valence-electron chi connectivity index (χ3n) is 9.39. The van der Waals surface area contributed by atoms with Gasteiger partial charge in [-0.05, 0) is 38.5 Å². The summed E-state index contributed by atoms with van der Waals surface area (Å²) in [5.74, 6) is -0.941. The van der Waals surface area contributed by atoms with Gasteiger partial charge in [-0.15, -0.1) is 0 Å². The molecule has 0 bridgehead atoms. The Balaban J connectivity index is 4.45. The lowest BCUT2D eigenvalue weighted by Gasteiger charge is -2.18. The number of esters is 3. The Bertz CT molecular complexity index is 1070. The predicted octanol–water partition coefficient (Wildman–Crippen LogP) is 14.3. The first kappa shape index (κ1) is 51.9. The largest absolute Gasteiger partial charge is 0.462 e. The van der Waals surface area contributed by atoms with Crippen LogP contribution in [0.25, 0.3) is 0 Å². The van der Waals surface area contributed by atoms with Crippen LogP contribution in [0.3, 0.4) is 0 Å². The van der Waals surface area contributed by atoms with Crippen LogP contribution >= 0.6 is 0 Å². The Labute approximate surface area is 338 Å². The zero-order chi connectivity index (χ0) is 40.1. The molecule has 6 nitrogen and oxygen atoms in total. The second-order valence-electron chi connectivity index (χ2n) is 14.7. The van der Waals surface area contributed by atoms with Crippen LogP contribution in [0.4, 0.5) is 0 Å². The van der Waals surface area contributed by atoms with Gasteiger partial charge >= 0.3 is 17.9 Å². The highest BCUT2D eigenvalue weighted by atomic mass is 16.6. The topological polar surface area (TPSA) is 78.9 Å². The lowest BCUT2D eigenvalue weighted by atomic mass is 10.1. The Morgan fingerprint density at radius 1 is 0.382 bits per heavy atom. The van der Waals surface area contributed by atoms with Gasteiger partial charge in [0, 0.05) is 19.3 Å². The molecule has 55 heavy (non-hydrogen) atoms. The molecule has 0 saturated carbocycles. The van der Waals surface area contributed by atoms with Gasteiger partial charge in [-0.25, -0.2) is 0 Å². The van der Waals surface area contributed by atoms with Gasteiger partial charge in [0.1, 0.15) is 13.2 Å². The van der Waals surface area contributed by atoms with E-state index in [1.54, 1.807) is 0 Å². The van der Waals surface area contributed by atoms with E-state index >= 15 is 0 Å². The molecular weight excluding hydrogens is 685 g/mol. The molecule has 0 aromatic carbocycles. The molecule has 0 heterocycles. The lowest BCUT2D eigenvalue weighted by Crippen LogP contribution is -2.30. The van der Waals surface area contributed by atoms with E-state index in [0.29, 0.717) is 19.3 Å². The zero-order valence-corrected chi connectivity index (χ0v) is 35.7. The number of carbonyl (C=O) groups is 3. The highest BCUT2D eigenvalue weighted by molar-refractivity contribution is 5.71. The Hall–Kier alpha value is -3.15. The smallest absolute Gasteiger partial charge is 0.306 e. The molecule has 1 atom stereocenters. The van der Waals surface area contributed by atoms with Crippen LogP contribution in [0, 0.1) is 0 Å². The Morgan fingerprint density at radius 2 is 0.709 bits per heavy atom. The molecule has 0 aliphatic carbocycles. The van der Waals surface area contributed by atoms with Crippen molar-refractivity contribution in [3.63, 3.8) is 0 Å². The van der Waals surface area contributed by atoms with Gasteiger partial charge in [-0.2, -0.15) is 0 Å². The van der Waals surface area contributed by atoms with Gasteiger partial charge in [0.25, 0.3) is 0 Å². The van der Waals surface area contributed by atoms with Crippen LogP contribution in [0.15, 0.2) is 72.9 Å². The van der Waals surface area contributed by atoms with Gasteiger partial charge < -0.3 is 14.2 Å². The number of allylic oxidation sites excluding steroid dienone is 12. The molecule has 0 aliphatic heterocycles. The van der Waals surface area contributed by atoms with Crippen molar-refractivity contribution in [3.8, 4) is 0 Å². The number of rotatable bonds is 39. The molecule has 0 aliphatic rings. The van der Waals surface area contributed by atoms with Crippen LogP contribution in [-0.2, 0) is 28.6 Å². The number of carbonyl (C=O) groups excluding carboxylic acids is 3. The quantitative estimate of drug-likeness (QED) is 0.0268. The summed E-state index contributed by atoms with van der Waals surface area (Å²) in [5.41, 5.74) is 0. The summed E-state index contributed by atoms with van der Waals surface area (Å²) in [6.45, 7) is 6.41. The van der Waals surface area contributed by atoms with E-state index in [2.05, 4.69) is 32.9 Å². The first-order chi connectivity index (χ1) is 27.0. The summed E-state index contributed by atoms with van der Waals surface area (Å²) < 4.78 is 16.6. The minimum atomic E-state index is -0.787. The van der Waals surface area contributed by atoms with Crippen LogP contribution in [0.1, 0.15) is 201 Å². The number of hydrogen-bond acceptors (Lipinski definition) is 6. The van der Waals surface area contributed by atoms with E-state index in [0.717, 1.165) is 70.6 Å². The minimum absolute atomic E-state index is 0.0882. The van der Waals surface area contributed by atoms with E-state index in [-0.39, 0.29) is 31.1 Å². The highest BCUT2D eigenvalue weighted by Gasteiger charge is 2.19. The molecule has 1 unspecified atom stereocenters. The number of hydrogen-bond donors (Lipinski definition) is 0. The van der Waals surface area contributed by atoms with Crippen LogP contribution in [-0.4, -0.2) is 37.2 Å². The third-order valence-corrected chi connectivity index (χ3v) is 9.39. The Kier molecular flexibility index (Phi) is 41.1. The average molecular weight is 767 g/mol. The molecule has 0 rings (SSSR count). The van der Waals surface area contributed by atoms with Crippen molar-refractivity contribution in [2.45, 2.75) is 207 Å². The molecule has 0 N–H and O–H groups in total. The fourth-order valence-corrected chi connectivity index (χ4v) is 6.00. The molecule has 6 heteroatoms. The summed E-state index contributed by atoms with van der Waals surface area (Å²) in [6.07, 6.45) is 53.1. The second kappa shape index (κ2) is 43.6. The van der Waals surface area contributed by atoms with E-state index < -0.39 is 6.10 Å². The molecule has 314 valence electrons. The highest BCUT2D eigenvalue weighted by Crippen LogP contribution is 2.14. The molecule has 0 fully saturated rings. The molecule has 0 amide bonds. The maximum absolute atomic E-state index is 12.7.